The van der Waals surface area contributed by atoms with Gasteiger partial charge < -0.3 is 9.72 Å². The Kier molecular flexibility index (Phi) is 3.36. The molecule has 22 heavy (non-hydrogen) atoms. The Hall–Kier alpha value is -2.76. The maximum atomic E-state index is 12.5. The van der Waals surface area contributed by atoms with E-state index < -0.39 is 11.7 Å². The van der Waals surface area contributed by atoms with E-state index in [1.165, 1.54) is 18.2 Å². The number of rotatable bonds is 2. The third-order valence-corrected chi connectivity index (χ3v) is 3.12. The van der Waals surface area contributed by atoms with Gasteiger partial charge in [0.1, 0.15) is 11.5 Å². The van der Waals surface area contributed by atoms with Crippen molar-refractivity contribution in [3.8, 4) is 11.5 Å². The molecule has 0 fully saturated rings. The van der Waals surface area contributed by atoms with Crippen LogP contribution >= 0.6 is 0 Å². The quantitative estimate of drug-likeness (QED) is 0.765. The van der Waals surface area contributed by atoms with Gasteiger partial charge in [-0.05, 0) is 36.4 Å². The second kappa shape index (κ2) is 5.22. The summed E-state index contributed by atoms with van der Waals surface area (Å²) in [6.07, 6.45) is -4.39. The molecule has 3 rings (SSSR count). The van der Waals surface area contributed by atoms with Gasteiger partial charge in [0.25, 0.3) is 5.56 Å². The van der Waals surface area contributed by atoms with Crippen molar-refractivity contribution < 1.29 is 17.9 Å². The van der Waals surface area contributed by atoms with Crippen LogP contribution in [0.15, 0.2) is 59.4 Å². The lowest BCUT2D eigenvalue weighted by Gasteiger charge is -2.10. The van der Waals surface area contributed by atoms with Crippen molar-refractivity contribution in [1.29, 1.82) is 0 Å². The topological polar surface area (TPSA) is 42.1 Å². The molecule has 0 saturated carbocycles. The summed E-state index contributed by atoms with van der Waals surface area (Å²) in [4.78, 5) is 14.3. The molecule has 0 atom stereocenters. The largest absolute Gasteiger partial charge is 0.456 e. The zero-order valence-corrected chi connectivity index (χ0v) is 11.1. The molecule has 1 N–H and O–H groups in total. The fraction of sp³-hybridized carbons (Fsp3) is 0.0625. The Morgan fingerprint density at radius 2 is 1.64 bits per heavy atom. The van der Waals surface area contributed by atoms with E-state index >= 15 is 0 Å². The van der Waals surface area contributed by atoms with E-state index in [1.807, 2.05) is 0 Å². The molecule has 0 aliphatic rings. The molecule has 0 amide bonds. The van der Waals surface area contributed by atoms with Crippen molar-refractivity contribution in [2.75, 3.05) is 0 Å². The number of fused-ring (bicyclic) bond motifs is 1. The van der Waals surface area contributed by atoms with E-state index in [-0.39, 0.29) is 11.3 Å². The van der Waals surface area contributed by atoms with Crippen LogP contribution in [0.5, 0.6) is 11.5 Å². The Morgan fingerprint density at radius 1 is 0.955 bits per heavy atom. The monoisotopic (exact) mass is 305 g/mol. The van der Waals surface area contributed by atoms with E-state index in [4.69, 9.17) is 4.74 Å². The van der Waals surface area contributed by atoms with Gasteiger partial charge in [0.15, 0.2) is 0 Å². The van der Waals surface area contributed by atoms with Crippen LogP contribution in [0.1, 0.15) is 5.56 Å². The van der Waals surface area contributed by atoms with E-state index in [0.29, 0.717) is 16.7 Å². The third kappa shape index (κ3) is 2.81. The Labute approximate surface area is 123 Å². The number of aromatic amines is 1. The summed E-state index contributed by atoms with van der Waals surface area (Å²) in [5.41, 5.74) is -0.506. The summed E-state index contributed by atoms with van der Waals surface area (Å²) in [5, 5.41) is 0.669. The highest BCUT2D eigenvalue weighted by atomic mass is 19.4. The standard InChI is InChI=1S/C16H10F3NO2/c17-16(18,19)10-5-7-11(8-6-10)22-14-9-15(21)20-13-4-2-1-3-12(13)14/h1-9H,(H,20,21). The second-order valence-corrected chi connectivity index (χ2v) is 4.67. The number of hydrogen-bond acceptors (Lipinski definition) is 2. The second-order valence-electron chi connectivity index (χ2n) is 4.67. The van der Waals surface area contributed by atoms with Gasteiger partial charge in [-0.1, -0.05) is 12.1 Å². The zero-order chi connectivity index (χ0) is 15.7. The minimum Gasteiger partial charge on any atom is -0.456 e. The van der Waals surface area contributed by atoms with Crippen molar-refractivity contribution in [2.24, 2.45) is 0 Å². The van der Waals surface area contributed by atoms with Crippen molar-refractivity contribution in [3.05, 3.63) is 70.5 Å². The molecule has 0 aliphatic carbocycles. The molecular weight excluding hydrogens is 295 g/mol. The number of nitrogens with one attached hydrogen (secondary N) is 1. The number of H-pyrrole nitrogens is 1. The van der Waals surface area contributed by atoms with Crippen LogP contribution < -0.4 is 10.3 Å². The molecule has 0 unspecified atom stereocenters. The number of benzene rings is 2. The van der Waals surface area contributed by atoms with Crippen LogP contribution in [0.2, 0.25) is 0 Å². The summed E-state index contributed by atoms with van der Waals surface area (Å²) in [6.45, 7) is 0. The van der Waals surface area contributed by atoms with Crippen LogP contribution in [0.3, 0.4) is 0 Å². The zero-order valence-electron chi connectivity index (χ0n) is 11.1. The molecular formula is C16H10F3NO2. The molecule has 1 heterocycles. The van der Waals surface area contributed by atoms with E-state index in [9.17, 15) is 18.0 Å². The van der Waals surface area contributed by atoms with Crippen LogP contribution in [-0.4, -0.2) is 4.98 Å². The number of alkyl halides is 3. The Balaban J connectivity index is 1.98. The molecule has 3 nitrogen and oxygen atoms in total. The molecule has 0 bridgehead atoms. The normalized spacial score (nSPS) is 11.6. The molecule has 0 aliphatic heterocycles. The molecule has 0 radical (unpaired) electrons. The smallest absolute Gasteiger partial charge is 0.416 e. The first-order valence-corrected chi connectivity index (χ1v) is 6.41. The molecule has 0 saturated heterocycles. The van der Waals surface area contributed by atoms with Crippen molar-refractivity contribution in [3.63, 3.8) is 0 Å². The number of para-hydroxylation sites is 1. The minimum absolute atomic E-state index is 0.226. The summed E-state index contributed by atoms with van der Waals surface area (Å²) in [7, 11) is 0. The van der Waals surface area contributed by atoms with Gasteiger partial charge in [0, 0.05) is 11.5 Å². The van der Waals surface area contributed by atoms with E-state index in [0.717, 1.165) is 12.1 Å². The van der Waals surface area contributed by atoms with Gasteiger partial charge in [-0.25, -0.2) is 0 Å². The Bertz CT molecular complexity index is 867. The third-order valence-electron chi connectivity index (χ3n) is 3.12. The molecule has 2 aromatic carbocycles. The highest BCUT2D eigenvalue weighted by Crippen LogP contribution is 2.32. The van der Waals surface area contributed by atoms with Crippen LogP contribution in [0.4, 0.5) is 13.2 Å². The fourth-order valence-electron chi connectivity index (χ4n) is 2.10. The van der Waals surface area contributed by atoms with Gasteiger partial charge >= 0.3 is 6.18 Å². The summed E-state index contributed by atoms with van der Waals surface area (Å²) in [5.74, 6) is 0.517. The van der Waals surface area contributed by atoms with E-state index in [1.54, 1.807) is 24.3 Å². The first-order chi connectivity index (χ1) is 10.4. The number of pyridine rings is 1. The number of halogens is 3. The average Bonchev–Trinajstić information content (AvgIpc) is 2.46. The first kappa shape index (κ1) is 14.2. The fourth-order valence-corrected chi connectivity index (χ4v) is 2.10. The van der Waals surface area contributed by atoms with Crippen molar-refractivity contribution in [2.45, 2.75) is 6.18 Å². The van der Waals surface area contributed by atoms with Gasteiger partial charge in [0.05, 0.1) is 11.1 Å². The summed E-state index contributed by atoms with van der Waals surface area (Å²) < 4.78 is 43.1. The van der Waals surface area contributed by atoms with E-state index in [2.05, 4.69) is 4.98 Å². The molecule has 0 spiro atoms. The van der Waals surface area contributed by atoms with Gasteiger partial charge in [-0.15, -0.1) is 0 Å². The lowest BCUT2D eigenvalue weighted by atomic mass is 10.2. The SMILES string of the molecule is O=c1cc(Oc2ccc(C(F)(F)F)cc2)c2ccccc2[nH]1. The number of ether oxygens (including phenoxy) is 1. The maximum absolute atomic E-state index is 12.5. The molecule has 6 heteroatoms. The van der Waals surface area contributed by atoms with Crippen LogP contribution in [0, 0.1) is 0 Å². The highest BCUT2D eigenvalue weighted by Gasteiger charge is 2.30. The van der Waals surface area contributed by atoms with Gasteiger partial charge in [0.2, 0.25) is 0 Å². The Morgan fingerprint density at radius 3 is 2.32 bits per heavy atom. The molecule has 112 valence electrons. The summed E-state index contributed by atoms with van der Waals surface area (Å²) in [6, 6.07) is 12.6. The van der Waals surface area contributed by atoms with Crippen molar-refractivity contribution >= 4 is 10.9 Å². The lowest BCUT2D eigenvalue weighted by molar-refractivity contribution is -0.137. The maximum Gasteiger partial charge on any atom is 0.416 e. The van der Waals surface area contributed by atoms with Gasteiger partial charge in [-0.2, -0.15) is 13.2 Å². The minimum atomic E-state index is -4.39. The van der Waals surface area contributed by atoms with Crippen LogP contribution in [0.25, 0.3) is 10.9 Å². The molecule has 3 aromatic rings. The lowest BCUT2D eigenvalue weighted by Crippen LogP contribution is -2.05. The predicted molar refractivity (Wildman–Crippen MR) is 76.1 cm³/mol. The summed E-state index contributed by atoms with van der Waals surface area (Å²) >= 11 is 0. The number of aromatic nitrogens is 1. The molecule has 1 aromatic heterocycles. The van der Waals surface area contributed by atoms with Crippen LogP contribution in [-0.2, 0) is 6.18 Å². The number of hydrogen-bond donors (Lipinski definition) is 1. The predicted octanol–water partition coefficient (Wildman–Crippen LogP) is 4.34. The first-order valence-electron chi connectivity index (χ1n) is 6.41. The average molecular weight is 305 g/mol. The van der Waals surface area contributed by atoms with Gasteiger partial charge in [-0.3, -0.25) is 4.79 Å². The highest BCUT2D eigenvalue weighted by molar-refractivity contribution is 5.84. The van der Waals surface area contributed by atoms with Crippen molar-refractivity contribution in [1.82, 2.24) is 4.98 Å².